The van der Waals surface area contributed by atoms with E-state index in [0.29, 0.717) is 11.3 Å². The van der Waals surface area contributed by atoms with Gasteiger partial charge in [0.15, 0.2) is 0 Å². The van der Waals surface area contributed by atoms with Crippen LogP contribution in [0.5, 0.6) is 0 Å². The van der Waals surface area contributed by atoms with Crippen molar-refractivity contribution < 1.29 is 0 Å². The molecule has 3 heteroatoms. The minimum Gasteiger partial charge on any atom is -0.397 e. The Kier molecular flexibility index (Phi) is 3.15. The molecular formula is C10H13N3. The van der Waals surface area contributed by atoms with Gasteiger partial charge in [0.2, 0.25) is 0 Å². The van der Waals surface area contributed by atoms with E-state index in [0.717, 1.165) is 18.7 Å². The molecule has 1 rings (SSSR count). The van der Waals surface area contributed by atoms with Crippen LogP contribution in [0.15, 0.2) is 18.2 Å². The molecule has 0 aliphatic carbocycles. The lowest BCUT2D eigenvalue weighted by Gasteiger charge is -2.07. The molecule has 3 nitrogen and oxygen atoms in total. The topological polar surface area (TPSA) is 61.8 Å². The van der Waals surface area contributed by atoms with E-state index in [1.807, 2.05) is 0 Å². The van der Waals surface area contributed by atoms with Crippen LogP contribution < -0.4 is 11.1 Å². The number of benzene rings is 1. The number of hydrogen-bond donors (Lipinski definition) is 2. The largest absolute Gasteiger partial charge is 0.397 e. The number of nitrogens with zero attached hydrogens (tertiary/aromatic N) is 1. The third-order valence-corrected chi connectivity index (χ3v) is 1.75. The molecule has 0 aliphatic heterocycles. The molecule has 0 spiro atoms. The van der Waals surface area contributed by atoms with E-state index in [2.05, 4.69) is 18.3 Å². The highest BCUT2D eigenvalue weighted by molar-refractivity contribution is 5.68. The molecule has 0 saturated heterocycles. The van der Waals surface area contributed by atoms with Crippen LogP contribution in [0.25, 0.3) is 0 Å². The SMILES string of the molecule is CCCNc1cc(C#N)ccc1N. The van der Waals surface area contributed by atoms with Crippen LogP contribution in [0, 0.1) is 11.3 Å². The summed E-state index contributed by atoms with van der Waals surface area (Å²) in [4.78, 5) is 0. The summed E-state index contributed by atoms with van der Waals surface area (Å²) in [6, 6.07) is 7.31. The molecule has 1 aromatic carbocycles. The average molecular weight is 175 g/mol. The summed E-state index contributed by atoms with van der Waals surface area (Å²) in [5.74, 6) is 0. The first-order valence-corrected chi connectivity index (χ1v) is 4.31. The maximum atomic E-state index is 8.66. The summed E-state index contributed by atoms with van der Waals surface area (Å²) < 4.78 is 0. The normalized spacial score (nSPS) is 9.23. The maximum Gasteiger partial charge on any atom is 0.0992 e. The highest BCUT2D eigenvalue weighted by Gasteiger charge is 1.98. The Morgan fingerprint density at radius 3 is 2.92 bits per heavy atom. The van der Waals surface area contributed by atoms with Crippen molar-refractivity contribution in [3.8, 4) is 6.07 Å². The van der Waals surface area contributed by atoms with Crippen LogP contribution in [-0.2, 0) is 0 Å². The van der Waals surface area contributed by atoms with E-state index in [-0.39, 0.29) is 0 Å². The zero-order valence-corrected chi connectivity index (χ0v) is 7.67. The molecule has 0 amide bonds. The third-order valence-electron chi connectivity index (χ3n) is 1.75. The van der Waals surface area contributed by atoms with E-state index < -0.39 is 0 Å². The predicted octanol–water partition coefficient (Wildman–Crippen LogP) is 1.96. The molecule has 3 N–H and O–H groups in total. The Balaban J connectivity index is 2.85. The number of nitriles is 1. The minimum atomic E-state index is 0.632. The number of rotatable bonds is 3. The second-order valence-corrected chi connectivity index (χ2v) is 2.84. The van der Waals surface area contributed by atoms with E-state index in [4.69, 9.17) is 11.0 Å². The van der Waals surface area contributed by atoms with Gasteiger partial charge in [0.05, 0.1) is 23.0 Å². The Morgan fingerprint density at radius 2 is 2.31 bits per heavy atom. The average Bonchev–Trinajstić information content (AvgIpc) is 2.17. The van der Waals surface area contributed by atoms with Crippen molar-refractivity contribution in [1.29, 1.82) is 5.26 Å². The van der Waals surface area contributed by atoms with Crippen LogP contribution in [-0.4, -0.2) is 6.54 Å². The summed E-state index contributed by atoms with van der Waals surface area (Å²) in [6.45, 7) is 2.95. The van der Waals surface area contributed by atoms with Gasteiger partial charge in [-0.15, -0.1) is 0 Å². The zero-order chi connectivity index (χ0) is 9.68. The standard InChI is InChI=1S/C10H13N3/c1-2-5-13-10-6-8(7-11)3-4-9(10)12/h3-4,6,13H,2,5,12H2,1H3. The van der Waals surface area contributed by atoms with Gasteiger partial charge in [-0.05, 0) is 24.6 Å². The summed E-state index contributed by atoms with van der Waals surface area (Å²) in [7, 11) is 0. The zero-order valence-electron chi connectivity index (χ0n) is 7.67. The second kappa shape index (κ2) is 4.36. The van der Waals surface area contributed by atoms with Gasteiger partial charge in [-0.1, -0.05) is 6.92 Å². The quantitative estimate of drug-likeness (QED) is 0.690. The summed E-state index contributed by atoms with van der Waals surface area (Å²) in [5.41, 5.74) is 7.88. The van der Waals surface area contributed by atoms with Crippen molar-refractivity contribution in [2.24, 2.45) is 0 Å². The fourth-order valence-electron chi connectivity index (χ4n) is 1.04. The molecule has 0 heterocycles. The molecule has 0 saturated carbocycles. The molecule has 13 heavy (non-hydrogen) atoms. The molecule has 0 unspecified atom stereocenters. The Hall–Kier alpha value is -1.69. The van der Waals surface area contributed by atoms with E-state index in [1.165, 1.54) is 0 Å². The van der Waals surface area contributed by atoms with Crippen molar-refractivity contribution in [3.63, 3.8) is 0 Å². The second-order valence-electron chi connectivity index (χ2n) is 2.84. The van der Waals surface area contributed by atoms with Crippen LogP contribution >= 0.6 is 0 Å². The molecule has 0 fully saturated rings. The fourth-order valence-corrected chi connectivity index (χ4v) is 1.04. The van der Waals surface area contributed by atoms with Gasteiger partial charge in [0, 0.05) is 6.54 Å². The summed E-state index contributed by atoms with van der Waals surface area (Å²) >= 11 is 0. The van der Waals surface area contributed by atoms with Crippen molar-refractivity contribution in [2.75, 3.05) is 17.6 Å². The van der Waals surface area contributed by atoms with E-state index in [9.17, 15) is 0 Å². The van der Waals surface area contributed by atoms with Crippen molar-refractivity contribution >= 4 is 11.4 Å². The lowest BCUT2D eigenvalue weighted by Crippen LogP contribution is -2.03. The molecule has 0 atom stereocenters. The lowest BCUT2D eigenvalue weighted by atomic mass is 10.2. The van der Waals surface area contributed by atoms with Crippen LogP contribution in [0.2, 0.25) is 0 Å². The van der Waals surface area contributed by atoms with Crippen molar-refractivity contribution in [2.45, 2.75) is 13.3 Å². The van der Waals surface area contributed by atoms with E-state index in [1.54, 1.807) is 18.2 Å². The lowest BCUT2D eigenvalue weighted by molar-refractivity contribution is 0.980. The Labute approximate surface area is 78.2 Å². The first kappa shape index (κ1) is 9.40. The Morgan fingerprint density at radius 1 is 1.54 bits per heavy atom. The van der Waals surface area contributed by atoms with Gasteiger partial charge < -0.3 is 11.1 Å². The smallest absolute Gasteiger partial charge is 0.0992 e. The number of nitrogen functional groups attached to an aromatic ring is 1. The first-order chi connectivity index (χ1) is 6.27. The van der Waals surface area contributed by atoms with Gasteiger partial charge >= 0.3 is 0 Å². The van der Waals surface area contributed by atoms with Gasteiger partial charge in [-0.3, -0.25) is 0 Å². The van der Waals surface area contributed by atoms with Gasteiger partial charge in [-0.25, -0.2) is 0 Å². The van der Waals surface area contributed by atoms with Gasteiger partial charge in [0.25, 0.3) is 0 Å². The molecule has 0 radical (unpaired) electrons. The third kappa shape index (κ3) is 2.38. The first-order valence-electron chi connectivity index (χ1n) is 4.31. The molecule has 0 bridgehead atoms. The van der Waals surface area contributed by atoms with Gasteiger partial charge in [-0.2, -0.15) is 5.26 Å². The number of anilines is 2. The maximum absolute atomic E-state index is 8.66. The molecular weight excluding hydrogens is 162 g/mol. The number of hydrogen-bond acceptors (Lipinski definition) is 3. The number of nitrogens with one attached hydrogen (secondary N) is 1. The molecule has 1 aromatic rings. The van der Waals surface area contributed by atoms with Crippen molar-refractivity contribution in [3.05, 3.63) is 23.8 Å². The van der Waals surface area contributed by atoms with Crippen LogP contribution in [0.1, 0.15) is 18.9 Å². The summed E-state index contributed by atoms with van der Waals surface area (Å²) in [6.07, 6.45) is 1.04. The Bertz CT molecular complexity index is 325. The van der Waals surface area contributed by atoms with Gasteiger partial charge in [0.1, 0.15) is 0 Å². The van der Waals surface area contributed by atoms with Crippen LogP contribution in [0.4, 0.5) is 11.4 Å². The fraction of sp³-hybridized carbons (Fsp3) is 0.300. The van der Waals surface area contributed by atoms with Crippen LogP contribution in [0.3, 0.4) is 0 Å². The highest BCUT2D eigenvalue weighted by atomic mass is 14.9. The van der Waals surface area contributed by atoms with Crippen molar-refractivity contribution in [1.82, 2.24) is 0 Å². The van der Waals surface area contributed by atoms with E-state index >= 15 is 0 Å². The monoisotopic (exact) mass is 175 g/mol. The molecule has 68 valence electrons. The minimum absolute atomic E-state index is 0.632. The molecule has 0 aliphatic rings. The number of nitrogens with two attached hydrogens (primary N) is 1. The highest BCUT2D eigenvalue weighted by Crippen LogP contribution is 2.19. The molecule has 0 aromatic heterocycles. The summed E-state index contributed by atoms with van der Waals surface area (Å²) in [5, 5.41) is 11.8. The predicted molar refractivity (Wildman–Crippen MR) is 54.4 cm³/mol.